The van der Waals surface area contributed by atoms with Crippen molar-refractivity contribution in [3.63, 3.8) is 0 Å². The fourth-order valence-electron chi connectivity index (χ4n) is 2.84. The van der Waals surface area contributed by atoms with E-state index in [9.17, 15) is 4.79 Å². The van der Waals surface area contributed by atoms with Gasteiger partial charge in [-0.15, -0.1) is 0 Å². The highest BCUT2D eigenvalue weighted by Gasteiger charge is 2.54. The summed E-state index contributed by atoms with van der Waals surface area (Å²) >= 11 is 0. The number of likely N-dealkylation sites (N-methyl/N-ethyl adjacent to an activating group) is 1. The van der Waals surface area contributed by atoms with Crippen LogP contribution < -0.4 is 0 Å². The Morgan fingerprint density at radius 3 is 2.06 bits per heavy atom. The minimum atomic E-state index is -0.127. The summed E-state index contributed by atoms with van der Waals surface area (Å²) in [7, 11) is 6.27. The first-order valence-electron chi connectivity index (χ1n) is 6.34. The lowest BCUT2D eigenvalue weighted by atomic mass is 9.64. The van der Waals surface area contributed by atoms with Crippen molar-refractivity contribution in [3.05, 3.63) is 0 Å². The third-order valence-corrected chi connectivity index (χ3v) is 4.96. The van der Waals surface area contributed by atoms with Crippen LogP contribution >= 0.6 is 0 Å². The maximum absolute atomic E-state index is 12.5. The van der Waals surface area contributed by atoms with Crippen LogP contribution in [-0.2, 0) is 4.79 Å². The molecule has 1 rings (SSSR count). The number of nitrogens with zero attached hydrogens (tertiary/aromatic N) is 1. The molecule has 2 atom stereocenters. The molecule has 1 aliphatic rings. The first kappa shape index (κ1) is 13.7. The third-order valence-electron chi connectivity index (χ3n) is 4.96. The normalized spacial score (nSPS) is 34.1. The molecule has 16 heavy (non-hydrogen) atoms. The van der Waals surface area contributed by atoms with Crippen molar-refractivity contribution < 1.29 is 9.28 Å². The van der Waals surface area contributed by atoms with Crippen LogP contribution in [0.4, 0.5) is 0 Å². The second-order valence-electron chi connectivity index (χ2n) is 7.37. The monoisotopic (exact) mass is 226 g/mol. The van der Waals surface area contributed by atoms with Gasteiger partial charge in [-0.25, -0.2) is 0 Å². The molecule has 1 fully saturated rings. The Hall–Kier alpha value is -0.370. The van der Waals surface area contributed by atoms with Gasteiger partial charge in [0.2, 0.25) is 0 Å². The highest BCUT2D eigenvalue weighted by Crippen LogP contribution is 2.56. The minimum absolute atomic E-state index is 0.127. The molecular weight excluding hydrogens is 198 g/mol. The Kier molecular flexibility index (Phi) is 3.28. The topological polar surface area (TPSA) is 17.1 Å². The molecule has 0 heterocycles. The Morgan fingerprint density at radius 1 is 1.25 bits per heavy atom. The molecule has 0 bridgehead atoms. The van der Waals surface area contributed by atoms with E-state index < -0.39 is 0 Å². The molecule has 0 aromatic heterocycles. The van der Waals surface area contributed by atoms with Crippen molar-refractivity contribution in [3.8, 4) is 0 Å². The molecule has 1 aliphatic carbocycles. The van der Waals surface area contributed by atoms with Gasteiger partial charge in [0.25, 0.3) is 0 Å². The quantitative estimate of drug-likeness (QED) is 0.676. The summed E-state index contributed by atoms with van der Waals surface area (Å²) in [6.07, 6.45) is 2.24. The summed E-state index contributed by atoms with van der Waals surface area (Å²) in [6.45, 7) is 9.63. The molecule has 0 aromatic rings. The Morgan fingerprint density at radius 2 is 1.75 bits per heavy atom. The lowest BCUT2D eigenvalue weighted by Gasteiger charge is -2.40. The van der Waals surface area contributed by atoms with E-state index in [2.05, 4.69) is 48.8 Å². The number of carbonyl (C=O) groups excluding carboxylic acids is 1. The molecule has 0 amide bonds. The van der Waals surface area contributed by atoms with Crippen molar-refractivity contribution >= 4 is 5.78 Å². The van der Waals surface area contributed by atoms with Crippen molar-refractivity contribution in [2.45, 2.75) is 40.5 Å². The summed E-state index contributed by atoms with van der Waals surface area (Å²) in [5.74, 6) is 1.09. The van der Waals surface area contributed by atoms with Gasteiger partial charge >= 0.3 is 0 Å². The zero-order valence-electron chi connectivity index (χ0n) is 12.1. The van der Waals surface area contributed by atoms with Crippen LogP contribution in [-0.4, -0.2) is 38.0 Å². The Bertz CT molecular complexity index is 288. The fourth-order valence-corrected chi connectivity index (χ4v) is 2.84. The zero-order chi connectivity index (χ0) is 12.8. The van der Waals surface area contributed by atoms with E-state index in [-0.39, 0.29) is 10.8 Å². The SMILES string of the molecule is C[C@H]1CC[C@@](C)(C(=O)C[N+](C)(C)C)C1(C)C. The molecule has 1 saturated carbocycles. The van der Waals surface area contributed by atoms with E-state index in [1.807, 2.05) is 0 Å². The van der Waals surface area contributed by atoms with Gasteiger partial charge in [0.05, 0.1) is 21.1 Å². The van der Waals surface area contributed by atoms with E-state index >= 15 is 0 Å². The van der Waals surface area contributed by atoms with Crippen LogP contribution in [0, 0.1) is 16.7 Å². The standard InChI is InChI=1S/C14H28NO/c1-11-8-9-14(4,13(11,2)3)12(16)10-15(5,6)7/h11H,8-10H2,1-7H3/q+1/t11-,14-/m0/s1. The molecule has 0 saturated heterocycles. The summed E-state index contributed by atoms with van der Waals surface area (Å²) in [6, 6.07) is 0. The van der Waals surface area contributed by atoms with Gasteiger partial charge in [-0.2, -0.15) is 0 Å². The predicted molar refractivity (Wildman–Crippen MR) is 68.2 cm³/mol. The highest BCUT2D eigenvalue weighted by molar-refractivity contribution is 5.86. The first-order chi connectivity index (χ1) is 7.01. The predicted octanol–water partition coefficient (Wildman–Crippen LogP) is 2.72. The maximum atomic E-state index is 12.5. The van der Waals surface area contributed by atoms with Gasteiger partial charge < -0.3 is 4.48 Å². The molecule has 2 heteroatoms. The molecule has 0 unspecified atom stereocenters. The number of hydrogen-bond donors (Lipinski definition) is 0. The second kappa shape index (κ2) is 3.83. The lowest BCUT2D eigenvalue weighted by molar-refractivity contribution is -0.862. The maximum Gasteiger partial charge on any atom is 0.193 e. The number of Topliss-reactive ketones (excluding diaryl/α,β-unsaturated/α-hetero) is 1. The molecule has 94 valence electrons. The molecule has 0 aromatic carbocycles. The van der Waals surface area contributed by atoms with Gasteiger partial charge in [0.1, 0.15) is 6.54 Å². The number of carbonyl (C=O) groups is 1. The van der Waals surface area contributed by atoms with Crippen molar-refractivity contribution in [2.24, 2.45) is 16.7 Å². The fraction of sp³-hybridized carbons (Fsp3) is 0.929. The average molecular weight is 226 g/mol. The minimum Gasteiger partial charge on any atom is -0.325 e. The Balaban J connectivity index is 2.91. The zero-order valence-corrected chi connectivity index (χ0v) is 12.1. The van der Waals surface area contributed by atoms with Gasteiger partial charge in [-0.1, -0.05) is 27.7 Å². The molecule has 0 N–H and O–H groups in total. The number of rotatable bonds is 3. The van der Waals surface area contributed by atoms with Crippen LogP contribution in [0.5, 0.6) is 0 Å². The molecule has 0 spiro atoms. The third kappa shape index (κ3) is 2.17. The number of hydrogen-bond acceptors (Lipinski definition) is 1. The number of ketones is 1. The van der Waals surface area contributed by atoms with Crippen LogP contribution in [0.1, 0.15) is 40.5 Å². The van der Waals surface area contributed by atoms with E-state index in [1.165, 1.54) is 6.42 Å². The second-order valence-corrected chi connectivity index (χ2v) is 7.37. The first-order valence-corrected chi connectivity index (χ1v) is 6.34. The number of quaternary nitrogens is 1. The largest absolute Gasteiger partial charge is 0.325 e. The van der Waals surface area contributed by atoms with Crippen molar-refractivity contribution in [1.29, 1.82) is 0 Å². The van der Waals surface area contributed by atoms with E-state index in [1.54, 1.807) is 0 Å². The van der Waals surface area contributed by atoms with Gasteiger partial charge in [0.15, 0.2) is 5.78 Å². The van der Waals surface area contributed by atoms with Gasteiger partial charge in [-0.3, -0.25) is 4.79 Å². The van der Waals surface area contributed by atoms with Crippen molar-refractivity contribution in [2.75, 3.05) is 27.7 Å². The summed E-state index contributed by atoms with van der Waals surface area (Å²) < 4.78 is 0.735. The van der Waals surface area contributed by atoms with E-state index in [4.69, 9.17) is 0 Å². The average Bonchev–Trinajstić information content (AvgIpc) is 2.27. The van der Waals surface area contributed by atoms with Crippen molar-refractivity contribution in [1.82, 2.24) is 0 Å². The molecule has 0 radical (unpaired) electrons. The molecule has 0 aliphatic heterocycles. The highest BCUT2D eigenvalue weighted by atomic mass is 16.1. The summed E-state index contributed by atoms with van der Waals surface area (Å²) in [5, 5.41) is 0. The van der Waals surface area contributed by atoms with Crippen LogP contribution in [0.2, 0.25) is 0 Å². The van der Waals surface area contributed by atoms with Crippen LogP contribution in [0.3, 0.4) is 0 Å². The van der Waals surface area contributed by atoms with Crippen LogP contribution in [0.15, 0.2) is 0 Å². The van der Waals surface area contributed by atoms with E-state index in [0.29, 0.717) is 18.2 Å². The Labute approximate surface area is 101 Å². The van der Waals surface area contributed by atoms with Gasteiger partial charge in [-0.05, 0) is 24.2 Å². The van der Waals surface area contributed by atoms with Crippen LogP contribution in [0.25, 0.3) is 0 Å². The smallest absolute Gasteiger partial charge is 0.193 e. The summed E-state index contributed by atoms with van der Waals surface area (Å²) in [5.41, 5.74) is 0.0111. The molecular formula is C14H28NO+. The van der Waals surface area contributed by atoms with E-state index in [0.717, 1.165) is 10.9 Å². The summed E-state index contributed by atoms with van der Waals surface area (Å²) in [4.78, 5) is 12.5. The lowest BCUT2D eigenvalue weighted by Crippen LogP contribution is -2.49. The molecule has 2 nitrogen and oxygen atoms in total. The van der Waals surface area contributed by atoms with Gasteiger partial charge in [0, 0.05) is 5.41 Å².